The van der Waals surface area contributed by atoms with Crippen LogP contribution in [-0.2, 0) is 0 Å². The first-order valence-corrected chi connectivity index (χ1v) is 8.29. The van der Waals surface area contributed by atoms with Crippen LogP contribution >= 0.6 is 11.6 Å². The topological polar surface area (TPSA) is 64.7 Å². The van der Waals surface area contributed by atoms with Crippen LogP contribution in [-0.4, -0.2) is 56.1 Å². The lowest BCUT2D eigenvalue weighted by atomic mass is 10.0. The maximum absolute atomic E-state index is 12.8. The smallest absolute Gasteiger partial charge is 0.322 e. The van der Waals surface area contributed by atoms with Crippen LogP contribution < -0.4 is 15.5 Å². The van der Waals surface area contributed by atoms with E-state index in [1.54, 1.807) is 23.1 Å². The van der Waals surface area contributed by atoms with E-state index < -0.39 is 0 Å². The molecule has 0 spiro atoms. The highest BCUT2D eigenvalue weighted by Gasteiger charge is 2.27. The van der Waals surface area contributed by atoms with Gasteiger partial charge in [-0.25, -0.2) is 4.79 Å². The van der Waals surface area contributed by atoms with Crippen molar-refractivity contribution in [2.75, 3.05) is 38.1 Å². The summed E-state index contributed by atoms with van der Waals surface area (Å²) < 4.78 is 0. The van der Waals surface area contributed by atoms with Gasteiger partial charge in [0.25, 0.3) is 5.91 Å². The van der Waals surface area contributed by atoms with Crippen LogP contribution in [0.2, 0.25) is 5.02 Å². The van der Waals surface area contributed by atoms with Crippen LogP contribution in [0.15, 0.2) is 18.2 Å². The molecule has 1 unspecified atom stereocenters. The van der Waals surface area contributed by atoms with Crippen LogP contribution in [0.3, 0.4) is 0 Å². The Bertz CT molecular complexity index is 622. The number of nitrogens with zero attached hydrogens (tertiary/aromatic N) is 2. The van der Waals surface area contributed by atoms with Crippen molar-refractivity contribution in [2.24, 2.45) is 0 Å². The number of carbonyl (C=O) groups is 2. The summed E-state index contributed by atoms with van der Waals surface area (Å²) in [6, 6.07) is 5.30. The molecule has 0 radical (unpaired) electrons. The van der Waals surface area contributed by atoms with Gasteiger partial charge in [-0.2, -0.15) is 0 Å². The highest BCUT2D eigenvalue weighted by molar-refractivity contribution is 6.34. The fourth-order valence-electron chi connectivity index (χ4n) is 3.13. The van der Waals surface area contributed by atoms with Crippen LogP contribution in [0.4, 0.5) is 10.5 Å². The maximum Gasteiger partial charge on any atom is 0.322 e. The van der Waals surface area contributed by atoms with Crippen molar-refractivity contribution < 1.29 is 9.59 Å². The van der Waals surface area contributed by atoms with E-state index in [4.69, 9.17) is 11.6 Å². The molecule has 0 bridgehead atoms. The zero-order chi connectivity index (χ0) is 16.4. The summed E-state index contributed by atoms with van der Waals surface area (Å²) in [4.78, 5) is 28.0. The molecule has 0 aliphatic carbocycles. The molecule has 1 aromatic rings. The van der Waals surface area contributed by atoms with Gasteiger partial charge in [0.2, 0.25) is 0 Å². The highest BCUT2D eigenvalue weighted by Crippen LogP contribution is 2.29. The Morgan fingerprint density at radius 2 is 2.22 bits per heavy atom. The van der Waals surface area contributed by atoms with Crippen molar-refractivity contribution >= 4 is 29.2 Å². The van der Waals surface area contributed by atoms with Gasteiger partial charge in [0, 0.05) is 37.8 Å². The summed E-state index contributed by atoms with van der Waals surface area (Å²) in [5.41, 5.74) is 1.16. The lowest BCUT2D eigenvalue weighted by molar-refractivity contribution is 0.0698. The summed E-state index contributed by atoms with van der Waals surface area (Å²) in [5, 5.41) is 6.46. The van der Waals surface area contributed by atoms with E-state index in [-0.39, 0.29) is 11.9 Å². The number of anilines is 1. The quantitative estimate of drug-likeness (QED) is 0.883. The predicted molar refractivity (Wildman–Crippen MR) is 90.2 cm³/mol. The summed E-state index contributed by atoms with van der Waals surface area (Å²) in [7, 11) is 1.92. The second kappa shape index (κ2) is 6.76. The first kappa shape index (κ1) is 16.1. The second-order valence-corrected chi connectivity index (χ2v) is 6.34. The van der Waals surface area contributed by atoms with Gasteiger partial charge in [0.05, 0.1) is 10.7 Å². The number of urea groups is 1. The van der Waals surface area contributed by atoms with Crippen molar-refractivity contribution in [1.82, 2.24) is 15.5 Å². The number of amides is 3. The largest absolute Gasteiger partial charge is 0.337 e. The third-order valence-corrected chi connectivity index (χ3v) is 4.78. The minimum Gasteiger partial charge on any atom is -0.337 e. The van der Waals surface area contributed by atoms with Crippen molar-refractivity contribution in [3.8, 4) is 0 Å². The Morgan fingerprint density at radius 1 is 1.39 bits per heavy atom. The van der Waals surface area contributed by atoms with Gasteiger partial charge in [0.15, 0.2) is 0 Å². The summed E-state index contributed by atoms with van der Waals surface area (Å²) >= 11 is 6.22. The van der Waals surface area contributed by atoms with Gasteiger partial charge in [-0.15, -0.1) is 0 Å². The van der Waals surface area contributed by atoms with Crippen LogP contribution in [0.25, 0.3) is 0 Å². The number of rotatable bonds is 3. The summed E-state index contributed by atoms with van der Waals surface area (Å²) in [5.74, 6) is -0.0116. The fourth-order valence-corrected chi connectivity index (χ4v) is 3.35. The molecule has 1 aromatic carbocycles. The molecule has 2 aliphatic heterocycles. The van der Waals surface area contributed by atoms with Gasteiger partial charge in [0.1, 0.15) is 0 Å². The van der Waals surface area contributed by atoms with Crippen LogP contribution in [0.1, 0.15) is 23.2 Å². The van der Waals surface area contributed by atoms with Gasteiger partial charge in [-0.1, -0.05) is 11.6 Å². The average Bonchev–Trinajstić information content (AvgIpc) is 3.00. The Morgan fingerprint density at radius 3 is 2.91 bits per heavy atom. The number of benzene rings is 1. The molecular formula is C16H21ClN4O2. The van der Waals surface area contributed by atoms with E-state index in [1.165, 1.54) is 0 Å². The average molecular weight is 337 g/mol. The van der Waals surface area contributed by atoms with E-state index in [1.807, 2.05) is 11.9 Å². The number of likely N-dealkylation sites (N-methyl/N-ethyl adjacent to an activating group) is 1. The molecule has 0 aromatic heterocycles. The van der Waals surface area contributed by atoms with Crippen LogP contribution in [0.5, 0.6) is 0 Å². The normalized spacial score (nSPS) is 21.5. The zero-order valence-corrected chi connectivity index (χ0v) is 13.9. The number of piperidine rings is 1. The lowest BCUT2D eigenvalue weighted by Crippen LogP contribution is -2.47. The maximum atomic E-state index is 12.8. The number of carbonyl (C=O) groups excluding carboxylic acids is 2. The number of hydrogen-bond donors (Lipinski definition) is 2. The number of halogens is 1. The molecule has 6 nitrogen and oxygen atoms in total. The Labute approximate surface area is 140 Å². The van der Waals surface area contributed by atoms with Crippen molar-refractivity contribution in [1.29, 1.82) is 0 Å². The number of nitrogens with one attached hydrogen (secondary N) is 2. The van der Waals surface area contributed by atoms with Gasteiger partial charge >= 0.3 is 6.03 Å². The van der Waals surface area contributed by atoms with E-state index in [0.717, 1.165) is 19.4 Å². The standard InChI is InChI=1S/C16H21ClN4O2/c1-18-12-3-2-7-20(10-12)15(22)11-4-5-13(17)14(9-11)21-8-6-19-16(21)23/h4-5,9,12,18H,2-3,6-8,10H2,1H3,(H,19,23). The number of likely N-dealkylation sites (tertiary alicyclic amines) is 1. The number of hydrogen-bond acceptors (Lipinski definition) is 3. The van der Waals surface area contributed by atoms with E-state index in [0.29, 0.717) is 41.9 Å². The SMILES string of the molecule is CNC1CCCN(C(=O)c2ccc(Cl)c(N3CCNC3=O)c2)C1. The first-order chi connectivity index (χ1) is 11.1. The second-order valence-electron chi connectivity index (χ2n) is 5.93. The third-order valence-electron chi connectivity index (χ3n) is 4.46. The molecule has 2 saturated heterocycles. The zero-order valence-electron chi connectivity index (χ0n) is 13.1. The Hall–Kier alpha value is -1.79. The Balaban J connectivity index is 1.82. The van der Waals surface area contributed by atoms with Gasteiger partial charge in [-0.05, 0) is 38.1 Å². The minimum absolute atomic E-state index is 0.0116. The molecule has 2 N–H and O–H groups in total. The first-order valence-electron chi connectivity index (χ1n) is 7.91. The molecule has 1 atom stereocenters. The van der Waals surface area contributed by atoms with Crippen molar-refractivity contribution in [3.63, 3.8) is 0 Å². The third kappa shape index (κ3) is 3.28. The molecule has 2 heterocycles. The molecule has 2 fully saturated rings. The highest BCUT2D eigenvalue weighted by atomic mass is 35.5. The molecule has 3 rings (SSSR count). The monoisotopic (exact) mass is 336 g/mol. The minimum atomic E-state index is -0.176. The molecule has 0 saturated carbocycles. The summed E-state index contributed by atoms with van der Waals surface area (Å²) in [6.45, 7) is 2.61. The molecule has 23 heavy (non-hydrogen) atoms. The molecule has 124 valence electrons. The van der Waals surface area contributed by atoms with E-state index >= 15 is 0 Å². The molecule has 2 aliphatic rings. The molecular weight excluding hydrogens is 316 g/mol. The summed E-state index contributed by atoms with van der Waals surface area (Å²) in [6.07, 6.45) is 2.08. The Kier molecular flexibility index (Phi) is 4.73. The fraction of sp³-hybridized carbons (Fsp3) is 0.500. The van der Waals surface area contributed by atoms with Crippen LogP contribution in [0, 0.1) is 0 Å². The van der Waals surface area contributed by atoms with Gasteiger partial charge in [-0.3, -0.25) is 9.69 Å². The molecule has 3 amide bonds. The van der Waals surface area contributed by atoms with Gasteiger partial charge < -0.3 is 15.5 Å². The molecule has 7 heteroatoms. The van der Waals surface area contributed by atoms with Crippen molar-refractivity contribution in [2.45, 2.75) is 18.9 Å². The van der Waals surface area contributed by atoms with Crippen molar-refractivity contribution in [3.05, 3.63) is 28.8 Å². The predicted octanol–water partition coefficient (Wildman–Crippen LogP) is 1.69. The lowest BCUT2D eigenvalue weighted by Gasteiger charge is -2.32. The van der Waals surface area contributed by atoms with E-state index in [9.17, 15) is 9.59 Å². The van der Waals surface area contributed by atoms with E-state index in [2.05, 4.69) is 10.6 Å².